The molecule has 2 rings (SSSR count). The summed E-state index contributed by atoms with van der Waals surface area (Å²) in [6.45, 7) is 1.99. The van der Waals surface area contributed by atoms with Crippen LogP contribution < -0.4 is 5.73 Å². The first-order valence-electron chi connectivity index (χ1n) is 4.12. The maximum absolute atomic E-state index is 6.15. The van der Waals surface area contributed by atoms with E-state index >= 15 is 0 Å². The number of nitrogen functional groups attached to an aromatic ring is 1. The molecule has 0 aliphatic carbocycles. The van der Waals surface area contributed by atoms with Crippen molar-refractivity contribution in [1.82, 2.24) is 4.57 Å². The molecule has 3 heteroatoms. The molecular weight excluding hydrogens is 184 g/mol. The summed E-state index contributed by atoms with van der Waals surface area (Å²) in [6.07, 6.45) is 0. The SMILES string of the molecule is Cc1c(Cl)c2c(N)cccc2n1C. The topological polar surface area (TPSA) is 30.9 Å². The third kappa shape index (κ3) is 1.02. The van der Waals surface area contributed by atoms with Crippen LogP contribution in [0.1, 0.15) is 5.69 Å². The van der Waals surface area contributed by atoms with E-state index in [2.05, 4.69) is 0 Å². The normalized spacial score (nSPS) is 11.0. The molecule has 13 heavy (non-hydrogen) atoms. The Bertz CT molecular complexity index is 471. The van der Waals surface area contributed by atoms with Gasteiger partial charge in [0.25, 0.3) is 0 Å². The molecule has 1 heterocycles. The molecule has 0 saturated carbocycles. The second-order valence-corrected chi connectivity index (χ2v) is 3.58. The van der Waals surface area contributed by atoms with E-state index in [0.717, 1.165) is 27.3 Å². The number of halogens is 1. The summed E-state index contributed by atoms with van der Waals surface area (Å²) >= 11 is 6.15. The van der Waals surface area contributed by atoms with Crippen molar-refractivity contribution in [3.05, 3.63) is 28.9 Å². The molecule has 1 aromatic carbocycles. The summed E-state index contributed by atoms with van der Waals surface area (Å²) in [6, 6.07) is 5.83. The van der Waals surface area contributed by atoms with Gasteiger partial charge in [0.05, 0.1) is 10.5 Å². The maximum atomic E-state index is 6.15. The van der Waals surface area contributed by atoms with Crippen molar-refractivity contribution in [3.63, 3.8) is 0 Å². The fourth-order valence-electron chi connectivity index (χ4n) is 1.58. The van der Waals surface area contributed by atoms with Crippen LogP contribution in [0.2, 0.25) is 5.02 Å². The molecule has 0 fully saturated rings. The standard InChI is InChI=1S/C10H11ClN2/c1-6-10(11)9-7(12)4-3-5-8(9)13(6)2/h3-5H,12H2,1-2H3. The Morgan fingerprint density at radius 2 is 2.08 bits per heavy atom. The lowest BCUT2D eigenvalue weighted by Gasteiger charge is -1.98. The van der Waals surface area contributed by atoms with E-state index in [1.54, 1.807) is 0 Å². The molecule has 0 saturated heterocycles. The molecule has 0 amide bonds. The largest absolute Gasteiger partial charge is 0.398 e. The third-order valence-corrected chi connectivity index (χ3v) is 2.94. The minimum absolute atomic E-state index is 0.742. The van der Waals surface area contributed by atoms with Crippen molar-refractivity contribution in [2.45, 2.75) is 6.92 Å². The molecule has 0 unspecified atom stereocenters. The summed E-state index contributed by atoms with van der Waals surface area (Å²) in [7, 11) is 1.99. The predicted molar refractivity (Wildman–Crippen MR) is 57.1 cm³/mol. The first-order chi connectivity index (χ1) is 6.13. The average molecular weight is 195 g/mol. The Morgan fingerprint density at radius 3 is 2.69 bits per heavy atom. The number of benzene rings is 1. The van der Waals surface area contributed by atoms with Crippen molar-refractivity contribution in [2.75, 3.05) is 5.73 Å². The van der Waals surface area contributed by atoms with E-state index in [1.165, 1.54) is 0 Å². The number of fused-ring (bicyclic) bond motifs is 1. The highest BCUT2D eigenvalue weighted by Crippen LogP contribution is 2.33. The second kappa shape index (κ2) is 2.67. The van der Waals surface area contributed by atoms with Gasteiger partial charge < -0.3 is 10.3 Å². The maximum Gasteiger partial charge on any atom is 0.0711 e. The second-order valence-electron chi connectivity index (χ2n) is 3.20. The Labute approximate surface area is 81.9 Å². The molecule has 0 bridgehead atoms. The molecule has 2 nitrogen and oxygen atoms in total. The van der Waals surface area contributed by atoms with Crippen molar-refractivity contribution < 1.29 is 0 Å². The highest BCUT2D eigenvalue weighted by molar-refractivity contribution is 6.37. The molecule has 0 spiro atoms. The molecule has 2 aromatic rings. The summed E-state index contributed by atoms with van der Waals surface area (Å²) in [4.78, 5) is 0. The van der Waals surface area contributed by atoms with Gasteiger partial charge in [0.15, 0.2) is 0 Å². The van der Waals surface area contributed by atoms with Gasteiger partial charge in [0.1, 0.15) is 0 Å². The van der Waals surface area contributed by atoms with E-state index in [4.69, 9.17) is 17.3 Å². The van der Waals surface area contributed by atoms with Crippen LogP contribution in [0.25, 0.3) is 10.9 Å². The van der Waals surface area contributed by atoms with Gasteiger partial charge in [-0.2, -0.15) is 0 Å². The number of anilines is 1. The lowest BCUT2D eigenvalue weighted by molar-refractivity contribution is 0.918. The minimum atomic E-state index is 0.742. The number of rotatable bonds is 0. The lowest BCUT2D eigenvalue weighted by atomic mass is 10.2. The number of aromatic nitrogens is 1. The van der Waals surface area contributed by atoms with Crippen LogP contribution >= 0.6 is 11.6 Å². The molecule has 0 aliphatic heterocycles. The molecule has 0 radical (unpaired) electrons. The van der Waals surface area contributed by atoms with E-state index in [9.17, 15) is 0 Å². The Morgan fingerprint density at radius 1 is 1.38 bits per heavy atom. The van der Waals surface area contributed by atoms with Crippen LogP contribution in [0.4, 0.5) is 5.69 Å². The number of hydrogen-bond acceptors (Lipinski definition) is 1. The van der Waals surface area contributed by atoms with Crippen LogP contribution in [-0.4, -0.2) is 4.57 Å². The van der Waals surface area contributed by atoms with Gasteiger partial charge in [-0.15, -0.1) is 0 Å². The first-order valence-corrected chi connectivity index (χ1v) is 4.49. The molecule has 1 aromatic heterocycles. The van der Waals surface area contributed by atoms with Crippen LogP contribution in [0.5, 0.6) is 0 Å². The first kappa shape index (κ1) is 8.45. The van der Waals surface area contributed by atoms with Gasteiger partial charge in [0.2, 0.25) is 0 Å². The average Bonchev–Trinajstić information content (AvgIpc) is 2.33. The van der Waals surface area contributed by atoms with Crippen LogP contribution in [-0.2, 0) is 7.05 Å². The number of hydrogen-bond donors (Lipinski definition) is 1. The number of nitrogens with zero attached hydrogens (tertiary/aromatic N) is 1. The highest BCUT2D eigenvalue weighted by atomic mass is 35.5. The fraction of sp³-hybridized carbons (Fsp3) is 0.200. The zero-order valence-corrected chi connectivity index (χ0v) is 8.39. The van der Waals surface area contributed by atoms with E-state index in [0.29, 0.717) is 0 Å². The molecule has 68 valence electrons. The summed E-state index contributed by atoms with van der Waals surface area (Å²) in [5.74, 6) is 0. The van der Waals surface area contributed by atoms with Crippen LogP contribution in [0.15, 0.2) is 18.2 Å². The van der Waals surface area contributed by atoms with E-state index in [-0.39, 0.29) is 0 Å². The van der Waals surface area contributed by atoms with Crippen molar-refractivity contribution in [1.29, 1.82) is 0 Å². The van der Waals surface area contributed by atoms with Crippen LogP contribution in [0.3, 0.4) is 0 Å². The summed E-state index contributed by atoms with van der Waals surface area (Å²) in [5.41, 5.74) is 8.72. The van der Waals surface area contributed by atoms with Crippen molar-refractivity contribution >= 4 is 28.2 Å². The van der Waals surface area contributed by atoms with Crippen LogP contribution in [0, 0.1) is 6.92 Å². The van der Waals surface area contributed by atoms with Gasteiger partial charge in [-0.1, -0.05) is 17.7 Å². The fourth-order valence-corrected chi connectivity index (χ4v) is 1.92. The summed E-state index contributed by atoms with van der Waals surface area (Å²) < 4.78 is 2.05. The molecule has 0 atom stereocenters. The quantitative estimate of drug-likeness (QED) is 0.643. The Kier molecular flexibility index (Phi) is 1.74. The van der Waals surface area contributed by atoms with E-state index < -0.39 is 0 Å². The monoisotopic (exact) mass is 194 g/mol. The minimum Gasteiger partial charge on any atom is -0.398 e. The molecular formula is C10H11ClN2. The zero-order valence-electron chi connectivity index (χ0n) is 7.63. The Balaban J connectivity index is 3.03. The Hall–Kier alpha value is -1.15. The number of nitrogens with two attached hydrogens (primary N) is 1. The van der Waals surface area contributed by atoms with Crippen molar-refractivity contribution in [3.8, 4) is 0 Å². The van der Waals surface area contributed by atoms with Gasteiger partial charge in [-0.25, -0.2) is 0 Å². The number of aryl methyl sites for hydroxylation is 1. The zero-order chi connectivity index (χ0) is 9.59. The molecule has 2 N–H and O–H groups in total. The highest BCUT2D eigenvalue weighted by Gasteiger charge is 2.11. The lowest BCUT2D eigenvalue weighted by Crippen LogP contribution is -1.89. The van der Waals surface area contributed by atoms with Gasteiger partial charge in [-0.3, -0.25) is 0 Å². The summed E-state index contributed by atoms with van der Waals surface area (Å²) in [5, 5.41) is 1.72. The van der Waals surface area contributed by atoms with Crippen molar-refractivity contribution in [2.24, 2.45) is 7.05 Å². The third-order valence-electron chi connectivity index (χ3n) is 2.48. The van der Waals surface area contributed by atoms with Gasteiger partial charge in [-0.05, 0) is 19.1 Å². The molecule has 0 aliphatic rings. The smallest absolute Gasteiger partial charge is 0.0711 e. The van der Waals surface area contributed by atoms with Gasteiger partial charge >= 0.3 is 0 Å². The van der Waals surface area contributed by atoms with E-state index in [1.807, 2.05) is 36.7 Å². The van der Waals surface area contributed by atoms with Gasteiger partial charge in [0, 0.05) is 23.8 Å². The predicted octanol–water partition coefficient (Wildman–Crippen LogP) is 2.72.